The summed E-state index contributed by atoms with van der Waals surface area (Å²) in [5, 5.41) is 14.0. The summed E-state index contributed by atoms with van der Waals surface area (Å²) in [4.78, 5) is 24.3. The molecule has 2 aromatic carbocycles. The highest BCUT2D eigenvalue weighted by Gasteiger charge is 2.79. The smallest absolute Gasteiger partial charge is 0.436 e. The van der Waals surface area contributed by atoms with Crippen LogP contribution in [0.3, 0.4) is 0 Å². The van der Waals surface area contributed by atoms with Crippen molar-refractivity contribution in [2.75, 3.05) is 11.9 Å². The Morgan fingerprint density at radius 1 is 1.02 bits per heavy atom. The third-order valence-corrected chi connectivity index (χ3v) is 10.9. The van der Waals surface area contributed by atoms with Crippen molar-refractivity contribution < 1.29 is 41.4 Å². The molecule has 2 fully saturated rings. The molecule has 0 unspecified atom stereocenters. The molecule has 0 spiro atoms. The summed E-state index contributed by atoms with van der Waals surface area (Å²) in [6.07, 6.45) is -3.70. The molecule has 0 radical (unpaired) electrons. The summed E-state index contributed by atoms with van der Waals surface area (Å²) >= 11 is 0. The first kappa shape index (κ1) is 33.0. The van der Waals surface area contributed by atoms with Gasteiger partial charge >= 0.3 is 18.2 Å². The first-order valence-corrected chi connectivity index (χ1v) is 15.9. The van der Waals surface area contributed by atoms with Gasteiger partial charge in [-0.1, -0.05) is 54.2 Å². The van der Waals surface area contributed by atoms with Gasteiger partial charge in [0.1, 0.15) is 5.60 Å². The van der Waals surface area contributed by atoms with Gasteiger partial charge in [-0.05, 0) is 104 Å². The van der Waals surface area contributed by atoms with Gasteiger partial charge in [0.25, 0.3) is 0 Å². The van der Waals surface area contributed by atoms with Crippen LogP contribution in [0, 0.1) is 36.0 Å². The number of rotatable bonds is 4. The van der Waals surface area contributed by atoms with Gasteiger partial charge in [0.05, 0.1) is 0 Å². The number of halogens is 5. The van der Waals surface area contributed by atoms with Crippen molar-refractivity contribution in [1.29, 1.82) is 0 Å². The van der Waals surface area contributed by atoms with Gasteiger partial charge < -0.3 is 9.84 Å². The van der Waals surface area contributed by atoms with Crippen LogP contribution in [0.5, 0.6) is 0 Å². The molecule has 4 aliphatic rings. The third kappa shape index (κ3) is 5.67. The van der Waals surface area contributed by atoms with E-state index in [2.05, 4.69) is 17.2 Å². The van der Waals surface area contributed by atoms with E-state index >= 15 is 8.78 Å². The van der Waals surface area contributed by atoms with E-state index in [9.17, 15) is 27.9 Å². The van der Waals surface area contributed by atoms with Crippen LogP contribution in [0.4, 0.5) is 32.4 Å². The minimum Gasteiger partial charge on any atom is -0.436 e. The second kappa shape index (κ2) is 11.9. The van der Waals surface area contributed by atoms with Gasteiger partial charge in [0.2, 0.25) is 0 Å². The molecule has 0 heterocycles. The Morgan fingerprint density at radius 3 is 2.40 bits per heavy atom. The maximum Gasteiger partial charge on any atom is 0.456 e. The molecule has 0 saturated heterocycles. The first-order chi connectivity index (χ1) is 22.1. The van der Waals surface area contributed by atoms with Crippen molar-refractivity contribution in [3.8, 4) is 11.8 Å². The standard InChI is InChI=1S/C37H36F5NO4/c1-22-5-12-26(13-6-22)43-33(45)47-19-3-4-23-7-9-24(10-8-23)30-21-34(2)31(17-18-35(34,46)36(38,39)37(40,41)42)29-15-11-25-20-27(44)14-16-28(25)32(29)30/h5-10,12-13,20,29-31,46H,11,14-19,21H2,1-2H3,(H,43,45)/t29-,30+,31-,34-,35-/m0/s1. The number of ketones is 1. The molecule has 6 rings (SSSR count). The molecule has 2 N–H and O–H groups in total. The number of benzene rings is 2. The quantitative estimate of drug-likeness (QED) is 0.257. The van der Waals surface area contributed by atoms with Crippen molar-refractivity contribution >= 4 is 17.6 Å². The molecule has 47 heavy (non-hydrogen) atoms. The Morgan fingerprint density at radius 2 is 1.72 bits per heavy atom. The van der Waals surface area contributed by atoms with Crippen molar-refractivity contribution in [2.24, 2.45) is 17.3 Å². The molecular weight excluding hydrogens is 617 g/mol. The van der Waals surface area contributed by atoms with Crippen LogP contribution >= 0.6 is 0 Å². The number of aliphatic hydroxyl groups is 1. The predicted octanol–water partition coefficient (Wildman–Crippen LogP) is 8.42. The summed E-state index contributed by atoms with van der Waals surface area (Å²) in [6.45, 7) is 3.17. The van der Waals surface area contributed by atoms with Crippen LogP contribution in [0.25, 0.3) is 0 Å². The molecule has 248 valence electrons. The van der Waals surface area contributed by atoms with E-state index in [-0.39, 0.29) is 31.1 Å². The molecule has 5 atom stereocenters. The lowest BCUT2D eigenvalue weighted by molar-refractivity contribution is -0.362. The molecule has 2 saturated carbocycles. The van der Waals surface area contributed by atoms with Gasteiger partial charge in [-0.2, -0.15) is 22.0 Å². The highest BCUT2D eigenvalue weighted by Crippen LogP contribution is 2.70. The SMILES string of the molecule is Cc1ccc(NC(=O)OCC#Cc2ccc([C@H]3C[C@@]4(C)[C@@H](CC[C@@]4(O)C(F)(F)C(F)(F)F)[C@@H]4CCC5=CC(=O)CCC5=C43)cc2)cc1. The molecule has 4 aliphatic carbocycles. The zero-order valence-electron chi connectivity index (χ0n) is 26.1. The van der Waals surface area contributed by atoms with Gasteiger partial charge in [0.15, 0.2) is 12.4 Å². The lowest BCUT2D eigenvalue weighted by Gasteiger charge is -2.56. The molecule has 10 heteroatoms. The largest absolute Gasteiger partial charge is 0.456 e. The molecule has 5 nitrogen and oxygen atoms in total. The Labute approximate surface area is 270 Å². The second-order valence-corrected chi connectivity index (χ2v) is 13.5. The molecular formula is C37H36F5NO4. The van der Waals surface area contributed by atoms with Crippen LogP contribution < -0.4 is 5.32 Å². The van der Waals surface area contributed by atoms with Crippen LogP contribution in [0.2, 0.25) is 0 Å². The van der Waals surface area contributed by atoms with Gasteiger partial charge in [-0.25, -0.2) is 4.79 Å². The van der Waals surface area contributed by atoms with Gasteiger partial charge in [-0.15, -0.1) is 0 Å². The monoisotopic (exact) mass is 653 g/mol. The number of fused-ring (bicyclic) bond motifs is 4. The van der Waals surface area contributed by atoms with E-state index in [1.807, 2.05) is 19.1 Å². The van der Waals surface area contributed by atoms with Crippen LogP contribution in [-0.2, 0) is 9.53 Å². The maximum absolute atomic E-state index is 15.2. The fourth-order valence-electron chi connectivity index (χ4n) is 8.54. The predicted molar refractivity (Wildman–Crippen MR) is 166 cm³/mol. The van der Waals surface area contributed by atoms with Crippen LogP contribution in [-0.4, -0.2) is 41.3 Å². The van der Waals surface area contributed by atoms with E-state index in [0.717, 1.165) is 27.8 Å². The summed E-state index contributed by atoms with van der Waals surface area (Å²) in [5.41, 5.74) is 0.915. The lowest BCUT2D eigenvalue weighted by Crippen LogP contribution is -2.65. The number of nitrogens with one attached hydrogen (secondary N) is 1. The number of carbonyl (C=O) groups excluding carboxylic acids is 2. The summed E-state index contributed by atoms with van der Waals surface area (Å²) in [6, 6.07) is 14.3. The van der Waals surface area contributed by atoms with E-state index in [0.29, 0.717) is 36.9 Å². The number of allylic oxidation sites excluding steroid dienone is 4. The Hall–Kier alpha value is -3.97. The van der Waals surface area contributed by atoms with E-state index in [1.165, 1.54) is 6.92 Å². The molecule has 0 aromatic heterocycles. The minimum absolute atomic E-state index is 0.0274. The molecule has 0 bridgehead atoms. The number of amides is 1. The number of alkyl halides is 5. The maximum atomic E-state index is 15.2. The van der Waals surface area contributed by atoms with E-state index in [4.69, 9.17) is 4.74 Å². The van der Waals surface area contributed by atoms with Crippen molar-refractivity contribution in [1.82, 2.24) is 0 Å². The highest BCUT2D eigenvalue weighted by molar-refractivity contribution is 5.93. The average molecular weight is 654 g/mol. The van der Waals surface area contributed by atoms with Crippen molar-refractivity contribution in [2.45, 2.75) is 82.4 Å². The zero-order valence-corrected chi connectivity index (χ0v) is 26.1. The van der Waals surface area contributed by atoms with Crippen molar-refractivity contribution in [3.63, 3.8) is 0 Å². The lowest BCUT2D eigenvalue weighted by atomic mass is 9.50. The number of ether oxygens (including phenoxy) is 1. The molecule has 1 amide bonds. The number of carbonyl (C=O) groups is 2. The Bertz CT molecular complexity index is 1700. The summed E-state index contributed by atoms with van der Waals surface area (Å²) < 4.78 is 76.9. The average Bonchev–Trinajstić information content (AvgIpc) is 3.31. The fraction of sp³-hybridized carbons (Fsp3) is 0.459. The van der Waals surface area contributed by atoms with Crippen molar-refractivity contribution in [3.05, 3.63) is 88.0 Å². The molecule has 0 aliphatic heterocycles. The topological polar surface area (TPSA) is 75.6 Å². The highest BCUT2D eigenvalue weighted by atomic mass is 19.4. The van der Waals surface area contributed by atoms with Gasteiger partial charge in [-0.3, -0.25) is 10.1 Å². The van der Waals surface area contributed by atoms with Gasteiger partial charge in [0, 0.05) is 29.0 Å². The first-order valence-electron chi connectivity index (χ1n) is 15.9. The van der Waals surface area contributed by atoms with Crippen LogP contribution in [0.1, 0.15) is 74.5 Å². The zero-order chi connectivity index (χ0) is 33.8. The number of hydrogen-bond acceptors (Lipinski definition) is 4. The number of anilines is 1. The Balaban J connectivity index is 1.27. The second-order valence-electron chi connectivity index (χ2n) is 13.5. The summed E-state index contributed by atoms with van der Waals surface area (Å²) in [5.74, 6) is -0.930. The van der Waals surface area contributed by atoms with E-state index in [1.54, 1.807) is 42.5 Å². The normalized spacial score (nSPS) is 28.7. The Kier molecular flexibility index (Phi) is 8.36. The minimum atomic E-state index is -5.90. The van der Waals surface area contributed by atoms with E-state index < -0.39 is 47.5 Å². The molecule has 2 aromatic rings. The number of aryl methyl sites for hydroxylation is 1. The number of hydrogen-bond donors (Lipinski definition) is 2. The third-order valence-electron chi connectivity index (χ3n) is 10.9. The fourth-order valence-corrected chi connectivity index (χ4v) is 8.54. The summed E-state index contributed by atoms with van der Waals surface area (Å²) in [7, 11) is 0. The van der Waals surface area contributed by atoms with Crippen LogP contribution in [0.15, 0.2) is 71.3 Å².